The summed E-state index contributed by atoms with van der Waals surface area (Å²) in [7, 11) is 0. The molecule has 1 amide bonds. The largest absolute Gasteiger partial charge is 0.493 e. The third-order valence-electron chi connectivity index (χ3n) is 2.67. The van der Waals surface area contributed by atoms with Crippen LogP contribution in [0, 0.1) is 0 Å². The minimum absolute atomic E-state index is 0.0445. The Bertz CT molecular complexity index is 408. The number of fused-ring (bicyclic) bond motifs is 1. The SMILES string of the molecule is CC1c2ncnc(O)c2CCN1C(=O)O. The maximum Gasteiger partial charge on any atom is 0.407 e. The summed E-state index contributed by atoms with van der Waals surface area (Å²) in [5, 5.41) is 18.4. The molecule has 0 bridgehead atoms. The summed E-state index contributed by atoms with van der Waals surface area (Å²) in [5.74, 6) is -0.0445. The lowest BCUT2D eigenvalue weighted by Gasteiger charge is -2.31. The summed E-state index contributed by atoms with van der Waals surface area (Å²) in [6.45, 7) is 2.11. The molecular formula is C9H11N3O3. The molecule has 15 heavy (non-hydrogen) atoms. The normalized spacial score (nSPS) is 19.8. The first kappa shape index (κ1) is 9.70. The van der Waals surface area contributed by atoms with Crippen LogP contribution in [0.4, 0.5) is 4.79 Å². The van der Waals surface area contributed by atoms with Crippen LogP contribution in [-0.2, 0) is 6.42 Å². The highest BCUT2D eigenvalue weighted by Crippen LogP contribution is 2.30. The highest BCUT2D eigenvalue weighted by atomic mass is 16.4. The summed E-state index contributed by atoms with van der Waals surface area (Å²) in [5.41, 5.74) is 1.25. The highest BCUT2D eigenvalue weighted by Gasteiger charge is 2.30. The van der Waals surface area contributed by atoms with E-state index in [0.717, 1.165) is 0 Å². The number of carboxylic acid groups (broad SMARTS) is 1. The second-order valence-electron chi connectivity index (χ2n) is 3.46. The summed E-state index contributed by atoms with van der Waals surface area (Å²) in [6.07, 6.45) is 0.737. The molecule has 1 unspecified atom stereocenters. The number of carbonyl (C=O) groups is 1. The molecule has 1 aromatic rings. The first-order chi connectivity index (χ1) is 7.11. The van der Waals surface area contributed by atoms with Crippen LogP contribution in [0.1, 0.15) is 24.2 Å². The van der Waals surface area contributed by atoms with Crippen molar-refractivity contribution in [1.29, 1.82) is 0 Å². The van der Waals surface area contributed by atoms with Crippen LogP contribution in [-0.4, -0.2) is 37.7 Å². The van der Waals surface area contributed by atoms with Gasteiger partial charge in [0.05, 0.1) is 11.7 Å². The van der Waals surface area contributed by atoms with Crippen LogP contribution in [0.25, 0.3) is 0 Å². The van der Waals surface area contributed by atoms with Gasteiger partial charge in [-0.05, 0) is 13.3 Å². The maximum absolute atomic E-state index is 10.9. The number of amides is 1. The zero-order chi connectivity index (χ0) is 11.0. The smallest absolute Gasteiger partial charge is 0.407 e. The Hall–Kier alpha value is -1.85. The molecule has 2 rings (SSSR count). The van der Waals surface area contributed by atoms with E-state index < -0.39 is 6.09 Å². The molecule has 0 aliphatic carbocycles. The predicted octanol–water partition coefficient (Wildman–Crippen LogP) is 0.779. The van der Waals surface area contributed by atoms with Gasteiger partial charge in [0.2, 0.25) is 5.88 Å². The fourth-order valence-corrected chi connectivity index (χ4v) is 1.85. The van der Waals surface area contributed by atoms with Crippen molar-refractivity contribution in [3.05, 3.63) is 17.6 Å². The van der Waals surface area contributed by atoms with Gasteiger partial charge in [0.1, 0.15) is 6.33 Å². The summed E-state index contributed by atoms with van der Waals surface area (Å²) in [6, 6.07) is -0.333. The summed E-state index contributed by atoms with van der Waals surface area (Å²) >= 11 is 0. The zero-order valence-corrected chi connectivity index (χ0v) is 8.21. The van der Waals surface area contributed by atoms with Gasteiger partial charge >= 0.3 is 6.09 Å². The van der Waals surface area contributed by atoms with E-state index in [1.54, 1.807) is 6.92 Å². The van der Waals surface area contributed by atoms with Gasteiger partial charge in [0.15, 0.2) is 0 Å². The number of hydrogen-bond donors (Lipinski definition) is 2. The Morgan fingerprint density at radius 2 is 2.33 bits per heavy atom. The van der Waals surface area contributed by atoms with E-state index in [4.69, 9.17) is 5.11 Å². The number of hydrogen-bond acceptors (Lipinski definition) is 4. The lowest BCUT2D eigenvalue weighted by atomic mass is 10.0. The molecule has 0 radical (unpaired) electrons. The number of nitrogens with zero attached hydrogens (tertiary/aromatic N) is 3. The fraction of sp³-hybridized carbons (Fsp3) is 0.444. The average molecular weight is 209 g/mol. The third kappa shape index (κ3) is 1.47. The number of aromatic hydroxyl groups is 1. The highest BCUT2D eigenvalue weighted by molar-refractivity contribution is 5.66. The number of rotatable bonds is 0. The van der Waals surface area contributed by atoms with Crippen molar-refractivity contribution < 1.29 is 15.0 Å². The third-order valence-corrected chi connectivity index (χ3v) is 2.67. The van der Waals surface area contributed by atoms with Crippen molar-refractivity contribution in [2.75, 3.05) is 6.54 Å². The molecule has 2 N–H and O–H groups in total. The van der Waals surface area contributed by atoms with E-state index >= 15 is 0 Å². The van der Waals surface area contributed by atoms with Crippen molar-refractivity contribution in [2.24, 2.45) is 0 Å². The molecule has 6 heteroatoms. The van der Waals surface area contributed by atoms with Crippen LogP contribution in [0.5, 0.6) is 5.88 Å². The monoisotopic (exact) mass is 209 g/mol. The summed E-state index contributed by atoms with van der Waals surface area (Å²) < 4.78 is 0. The molecule has 0 saturated carbocycles. The van der Waals surface area contributed by atoms with Gasteiger partial charge in [-0.1, -0.05) is 0 Å². The lowest BCUT2D eigenvalue weighted by Crippen LogP contribution is -2.38. The molecule has 80 valence electrons. The quantitative estimate of drug-likeness (QED) is 0.659. The van der Waals surface area contributed by atoms with Gasteiger partial charge < -0.3 is 10.2 Å². The number of aromatic nitrogens is 2. The summed E-state index contributed by atoms with van der Waals surface area (Å²) in [4.78, 5) is 19.9. The Kier molecular flexibility index (Phi) is 2.18. The van der Waals surface area contributed by atoms with Gasteiger partial charge in [-0.15, -0.1) is 0 Å². The molecule has 6 nitrogen and oxygen atoms in total. The first-order valence-corrected chi connectivity index (χ1v) is 4.63. The fourth-order valence-electron chi connectivity index (χ4n) is 1.85. The molecule has 0 aromatic carbocycles. The van der Waals surface area contributed by atoms with Crippen LogP contribution in [0.2, 0.25) is 0 Å². The van der Waals surface area contributed by atoms with E-state index in [1.165, 1.54) is 11.2 Å². The molecule has 0 spiro atoms. The Labute approximate surface area is 86.2 Å². The minimum atomic E-state index is -0.966. The van der Waals surface area contributed by atoms with Crippen LogP contribution in [0.15, 0.2) is 6.33 Å². The molecule has 1 aliphatic heterocycles. The van der Waals surface area contributed by atoms with Crippen molar-refractivity contribution in [3.8, 4) is 5.88 Å². The van der Waals surface area contributed by atoms with Gasteiger partial charge in [-0.2, -0.15) is 0 Å². The molecule has 1 atom stereocenters. The molecule has 1 aromatic heterocycles. The van der Waals surface area contributed by atoms with Crippen molar-refractivity contribution in [1.82, 2.24) is 14.9 Å². The Balaban J connectivity index is 2.42. The minimum Gasteiger partial charge on any atom is -0.493 e. The van der Waals surface area contributed by atoms with Crippen LogP contribution in [0.3, 0.4) is 0 Å². The molecule has 1 aliphatic rings. The van der Waals surface area contributed by atoms with E-state index in [-0.39, 0.29) is 11.9 Å². The molecule has 0 saturated heterocycles. The maximum atomic E-state index is 10.9. The molecule has 2 heterocycles. The average Bonchev–Trinajstić information content (AvgIpc) is 2.19. The van der Waals surface area contributed by atoms with Gasteiger partial charge in [-0.3, -0.25) is 4.90 Å². The lowest BCUT2D eigenvalue weighted by molar-refractivity contribution is 0.122. The molecule has 0 fully saturated rings. The van der Waals surface area contributed by atoms with Crippen LogP contribution >= 0.6 is 0 Å². The first-order valence-electron chi connectivity index (χ1n) is 4.63. The van der Waals surface area contributed by atoms with Crippen molar-refractivity contribution >= 4 is 6.09 Å². The van der Waals surface area contributed by atoms with E-state index in [1.807, 2.05) is 0 Å². The predicted molar refractivity (Wildman–Crippen MR) is 50.5 cm³/mol. The Morgan fingerprint density at radius 1 is 1.60 bits per heavy atom. The van der Waals surface area contributed by atoms with E-state index in [2.05, 4.69) is 9.97 Å². The van der Waals surface area contributed by atoms with E-state index in [0.29, 0.717) is 24.2 Å². The topological polar surface area (TPSA) is 86.6 Å². The molecular weight excluding hydrogens is 198 g/mol. The second-order valence-corrected chi connectivity index (χ2v) is 3.46. The second kappa shape index (κ2) is 3.38. The zero-order valence-electron chi connectivity index (χ0n) is 8.21. The van der Waals surface area contributed by atoms with E-state index in [9.17, 15) is 9.90 Å². The van der Waals surface area contributed by atoms with Gasteiger partial charge in [0.25, 0.3) is 0 Å². The standard InChI is InChI=1S/C9H11N3O3/c1-5-7-6(8(13)11-4-10-7)2-3-12(5)9(14)15/h4-5H,2-3H2,1H3,(H,14,15)(H,10,11,13). The van der Waals surface area contributed by atoms with Crippen LogP contribution < -0.4 is 0 Å². The van der Waals surface area contributed by atoms with Crippen molar-refractivity contribution in [2.45, 2.75) is 19.4 Å². The Morgan fingerprint density at radius 3 is 3.00 bits per heavy atom. The van der Waals surface area contributed by atoms with Gasteiger partial charge in [0, 0.05) is 12.1 Å². The van der Waals surface area contributed by atoms with Crippen molar-refractivity contribution in [3.63, 3.8) is 0 Å². The van der Waals surface area contributed by atoms with Gasteiger partial charge in [-0.25, -0.2) is 14.8 Å².